The number of imide groups is 1. The number of para-hydroxylation sites is 2. The number of nitrogens with zero attached hydrogens (tertiary/aromatic N) is 1. The van der Waals surface area contributed by atoms with Gasteiger partial charge < -0.3 is 15.0 Å². The SMILES string of the molecule is O=C(COc1ccccc1C1c2sc(=O)[nH]c2SC2C(=O)N(c3ccccc3C(F)(F)F)C(=O)C21)Nc1cccc(C(F)(F)F)c1. The second-order valence-corrected chi connectivity index (χ2v) is 12.4. The van der Waals surface area contributed by atoms with E-state index in [-0.39, 0.29) is 22.0 Å². The third kappa shape index (κ3) is 5.77. The van der Waals surface area contributed by atoms with Crippen molar-refractivity contribution in [1.82, 2.24) is 4.98 Å². The van der Waals surface area contributed by atoms with Crippen LogP contribution in [0.15, 0.2) is 82.6 Å². The summed E-state index contributed by atoms with van der Waals surface area (Å²) in [5.74, 6) is -4.83. The molecule has 0 bridgehead atoms. The summed E-state index contributed by atoms with van der Waals surface area (Å²) in [6.45, 7) is -0.670. The molecule has 0 aliphatic carbocycles. The Morgan fingerprint density at radius 1 is 0.891 bits per heavy atom. The number of amides is 3. The molecule has 1 aromatic heterocycles. The molecule has 8 nitrogen and oxygen atoms in total. The van der Waals surface area contributed by atoms with Crippen LogP contribution in [-0.2, 0) is 26.7 Å². The maximum atomic E-state index is 14.0. The van der Waals surface area contributed by atoms with Crippen LogP contribution in [0.1, 0.15) is 27.5 Å². The van der Waals surface area contributed by atoms with E-state index in [1.807, 2.05) is 0 Å². The van der Waals surface area contributed by atoms with Gasteiger partial charge in [0, 0.05) is 22.0 Å². The zero-order chi connectivity index (χ0) is 33.0. The van der Waals surface area contributed by atoms with Gasteiger partial charge in [-0.15, -0.1) is 0 Å². The Morgan fingerprint density at radius 3 is 2.35 bits per heavy atom. The highest BCUT2D eigenvalue weighted by Gasteiger charge is 2.57. The second-order valence-electron chi connectivity index (χ2n) is 10.2. The quantitative estimate of drug-likeness (QED) is 0.183. The number of hydrogen-bond acceptors (Lipinski definition) is 7. The maximum absolute atomic E-state index is 14.0. The van der Waals surface area contributed by atoms with Crippen LogP contribution < -0.4 is 19.8 Å². The lowest BCUT2D eigenvalue weighted by Crippen LogP contribution is -2.33. The zero-order valence-corrected chi connectivity index (χ0v) is 24.6. The minimum absolute atomic E-state index is 0.0542. The number of H-pyrrole nitrogens is 1. The smallest absolute Gasteiger partial charge is 0.418 e. The lowest BCUT2D eigenvalue weighted by atomic mass is 9.82. The van der Waals surface area contributed by atoms with E-state index in [0.29, 0.717) is 9.78 Å². The Balaban J connectivity index is 1.33. The largest absolute Gasteiger partial charge is 0.483 e. The molecule has 0 radical (unpaired) electrons. The molecule has 2 N–H and O–H groups in total. The minimum atomic E-state index is -4.86. The number of rotatable bonds is 6. The first-order valence-electron chi connectivity index (χ1n) is 13.4. The number of benzene rings is 3. The van der Waals surface area contributed by atoms with E-state index in [0.717, 1.165) is 59.5 Å². The van der Waals surface area contributed by atoms with Crippen LogP contribution >= 0.6 is 23.1 Å². The molecule has 3 aromatic carbocycles. The summed E-state index contributed by atoms with van der Waals surface area (Å²) in [6, 6.07) is 14.3. The number of carbonyl (C=O) groups is 3. The number of aromatic nitrogens is 1. The van der Waals surface area contributed by atoms with Crippen molar-refractivity contribution in [3.8, 4) is 5.75 Å². The van der Waals surface area contributed by atoms with Crippen LogP contribution in [0.3, 0.4) is 0 Å². The van der Waals surface area contributed by atoms with Gasteiger partial charge in [-0.05, 0) is 36.4 Å². The predicted molar refractivity (Wildman–Crippen MR) is 156 cm³/mol. The van der Waals surface area contributed by atoms with Crippen LogP contribution in [0.2, 0.25) is 0 Å². The fraction of sp³-hybridized carbons (Fsp3) is 0.200. The normalized spacial score (nSPS) is 19.5. The molecular weight excluding hydrogens is 660 g/mol. The van der Waals surface area contributed by atoms with Gasteiger partial charge in [-0.1, -0.05) is 59.5 Å². The molecule has 1 fully saturated rings. The number of ether oxygens (including phenoxy) is 1. The van der Waals surface area contributed by atoms with Crippen molar-refractivity contribution in [2.45, 2.75) is 28.5 Å². The van der Waals surface area contributed by atoms with Crippen LogP contribution in [-0.4, -0.2) is 34.6 Å². The lowest BCUT2D eigenvalue weighted by Gasteiger charge is -2.30. The van der Waals surface area contributed by atoms with Gasteiger partial charge in [0.15, 0.2) is 6.61 Å². The molecule has 2 aliphatic rings. The van der Waals surface area contributed by atoms with Gasteiger partial charge in [0.05, 0.1) is 27.8 Å². The molecule has 16 heteroatoms. The molecule has 1 saturated heterocycles. The van der Waals surface area contributed by atoms with E-state index >= 15 is 0 Å². The number of fused-ring (bicyclic) bond motifs is 2. The van der Waals surface area contributed by atoms with Gasteiger partial charge >= 0.3 is 17.2 Å². The average Bonchev–Trinajstić information content (AvgIpc) is 3.49. The van der Waals surface area contributed by atoms with Gasteiger partial charge in [-0.3, -0.25) is 19.2 Å². The summed E-state index contributed by atoms with van der Waals surface area (Å²) in [4.78, 5) is 55.7. The zero-order valence-electron chi connectivity index (χ0n) is 22.9. The van der Waals surface area contributed by atoms with Gasteiger partial charge in [0.2, 0.25) is 11.8 Å². The number of anilines is 2. The van der Waals surface area contributed by atoms with Crippen LogP contribution in [0, 0.1) is 5.92 Å². The molecule has 238 valence electrons. The van der Waals surface area contributed by atoms with Crippen molar-refractivity contribution in [3.05, 3.63) is 104 Å². The fourth-order valence-corrected chi connectivity index (χ4v) is 7.99. The van der Waals surface area contributed by atoms with Gasteiger partial charge in [0.25, 0.3) is 5.91 Å². The Bertz CT molecular complexity index is 1920. The molecule has 3 atom stereocenters. The number of thioether (sulfide) groups is 1. The number of hydrogen-bond donors (Lipinski definition) is 2. The Morgan fingerprint density at radius 2 is 1.61 bits per heavy atom. The second kappa shape index (κ2) is 11.7. The molecule has 4 aromatic rings. The van der Waals surface area contributed by atoms with E-state index in [1.165, 1.54) is 24.3 Å². The van der Waals surface area contributed by atoms with Crippen molar-refractivity contribution >= 4 is 52.2 Å². The highest BCUT2D eigenvalue weighted by molar-refractivity contribution is 8.00. The number of carbonyl (C=O) groups excluding carboxylic acids is 3. The highest BCUT2D eigenvalue weighted by atomic mass is 32.2. The fourth-order valence-electron chi connectivity index (χ4n) is 5.48. The summed E-state index contributed by atoms with van der Waals surface area (Å²) in [5.41, 5.74) is -2.61. The third-order valence-corrected chi connectivity index (χ3v) is 9.76. The molecule has 0 saturated carbocycles. The Hall–Kier alpha value is -4.57. The highest BCUT2D eigenvalue weighted by Crippen LogP contribution is 2.55. The van der Waals surface area contributed by atoms with Crippen molar-refractivity contribution in [2.75, 3.05) is 16.8 Å². The monoisotopic (exact) mass is 679 g/mol. The Labute approximate surface area is 263 Å². The first-order chi connectivity index (χ1) is 21.7. The van der Waals surface area contributed by atoms with E-state index in [2.05, 4.69) is 10.3 Å². The third-order valence-electron chi connectivity index (χ3n) is 7.36. The van der Waals surface area contributed by atoms with Crippen LogP contribution in [0.25, 0.3) is 0 Å². The summed E-state index contributed by atoms with van der Waals surface area (Å²) in [5, 5.41) is 1.39. The summed E-state index contributed by atoms with van der Waals surface area (Å²) in [7, 11) is 0. The molecule has 46 heavy (non-hydrogen) atoms. The molecule has 0 spiro atoms. The van der Waals surface area contributed by atoms with E-state index in [9.17, 15) is 45.5 Å². The summed E-state index contributed by atoms with van der Waals surface area (Å²) in [6.07, 6.45) is -9.49. The molecule has 6 rings (SSSR count). The van der Waals surface area contributed by atoms with Gasteiger partial charge in [0.1, 0.15) is 11.0 Å². The summed E-state index contributed by atoms with van der Waals surface area (Å²) < 4.78 is 86.7. The van der Waals surface area contributed by atoms with Crippen molar-refractivity contribution in [2.24, 2.45) is 5.92 Å². The van der Waals surface area contributed by atoms with E-state index in [1.54, 1.807) is 12.1 Å². The summed E-state index contributed by atoms with van der Waals surface area (Å²) >= 11 is 1.64. The van der Waals surface area contributed by atoms with Crippen LogP contribution in [0.4, 0.5) is 37.7 Å². The minimum Gasteiger partial charge on any atom is -0.483 e. The first-order valence-corrected chi connectivity index (χ1v) is 15.1. The number of aromatic amines is 1. The maximum Gasteiger partial charge on any atom is 0.418 e. The topological polar surface area (TPSA) is 109 Å². The number of halogens is 6. The Kier molecular flexibility index (Phi) is 7.96. The van der Waals surface area contributed by atoms with Crippen molar-refractivity contribution in [1.29, 1.82) is 0 Å². The standard InChI is InChI=1S/C30H19F6N3O5S2/c31-29(32,33)14-6-5-7-15(12-14)37-20(40)13-44-19-11-4-1-8-16(19)21-22-24(45-25-23(21)46-28(43)38-25)27(42)39(26(22)41)18-10-3-2-9-17(18)30(34,35)36/h1-12,21-22,24H,13H2,(H,37,40)(H,38,43). The predicted octanol–water partition coefficient (Wildman–Crippen LogP) is 6.29. The molecule has 3 unspecified atom stereocenters. The molecule has 3 heterocycles. The number of nitrogens with one attached hydrogen (secondary N) is 2. The van der Waals surface area contributed by atoms with E-state index in [4.69, 9.17) is 4.74 Å². The van der Waals surface area contributed by atoms with Crippen molar-refractivity contribution < 1.29 is 45.5 Å². The van der Waals surface area contributed by atoms with Crippen LogP contribution in [0.5, 0.6) is 5.75 Å². The molecule has 3 amide bonds. The van der Waals surface area contributed by atoms with E-state index < -0.39 is 75.5 Å². The molecular formula is C30H19F6N3O5S2. The number of thiazole rings is 1. The lowest BCUT2D eigenvalue weighted by molar-refractivity contribution is -0.138. The molecule has 2 aliphatic heterocycles. The van der Waals surface area contributed by atoms with Gasteiger partial charge in [-0.2, -0.15) is 26.3 Å². The van der Waals surface area contributed by atoms with Crippen molar-refractivity contribution in [3.63, 3.8) is 0 Å². The number of alkyl halides is 6. The first kappa shape index (κ1) is 31.4. The van der Waals surface area contributed by atoms with Gasteiger partial charge in [-0.25, -0.2) is 4.90 Å². The average molecular weight is 680 g/mol.